The number of nitrogens with one attached hydrogen (secondary N) is 1. The predicted octanol–water partition coefficient (Wildman–Crippen LogP) is 2.88. The van der Waals surface area contributed by atoms with Crippen molar-refractivity contribution in [1.29, 1.82) is 0 Å². The molecule has 1 heterocycles. The van der Waals surface area contributed by atoms with Gasteiger partial charge in [0.25, 0.3) is 0 Å². The van der Waals surface area contributed by atoms with Gasteiger partial charge in [0.2, 0.25) is 0 Å². The van der Waals surface area contributed by atoms with Crippen molar-refractivity contribution in [1.82, 2.24) is 9.88 Å². The first-order chi connectivity index (χ1) is 10.6. The van der Waals surface area contributed by atoms with E-state index in [2.05, 4.69) is 4.98 Å². The summed E-state index contributed by atoms with van der Waals surface area (Å²) in [6.45, 7) is 0.390. The van der Waals surface area contributed by atoms with Crippen LogP contribution in [0.3, 0.4) is 0 Å². The molecule has 0 spiro atoms. The molecule has 8 heteroatoms. The smallest absolute Gasteiger partial charge is 0.420 e. The molecule has 1 aromatic carbocycles. The Morgan fingerprint density at radius 2 is 2.00 bits per heavy atom. The molecule has 0 aliphatic heterocycles. The second kappa shape index (κ2) is 6.11. The highest BCUT2D eigenvalue weighted by Crippen LogP contribution is 2.40. The zero-order valence-electron chi connectivity index (χ0n) is 12.9. The molecular formula is C15H17F3N2O3. The van der Waals surface area contributed by atoms with Gasteiger partial charge < -0.3 is 19.7 Å². The number of hydrogen-bond donors (Lipinski definition) is 2. The molecule has 0 radical (unpaired) electrons. The number of hydrogen-bond acceptors (Lipinski definition) is 3. The molecule has 126 valence electrons. The summed E-state index contributed by atoms with van der Waals surface area (Å²) in [5, 5.41) is 9.50. The number of benzene rings is 1. The maximum Gasteiger partial charge on any atom is 0.420 e. The van der Waals surface area contributed by atoms with Crippen molar-refractivity contribution >= 4 is 16.9 Å². The molecule has 0 unspecified atom stereocenters. The number of aromatic nitrogens is 1. The SMILES string of the molecule is COc1cc2c(CC(=O)O)c(CN(C)C)[nH]c2cc1C(F)(F)F. The quantitative estimate of drug-likeness (QED) is 0.885. The van der Waals surface area contributed by atoms with Gasteiger partial charge >= 0.3 is 12.1 Å². The number of carbonyl (C=O) groups is 1. The molecule has 0 aliphatic carbocycles. The number of nitrogens with zero attached hydrogens (tertiary/aromatic N) is 1. The van der Waals surface area contributed by atoms with Crippen molar-refractivity contribution in [3.8, 4) is 5.75 Å². The molecular weight excluding hydrogens is 313 g/mol. The minimum Gasteiger partial charge on any atom is -0.496 e. The average molecular weight is 330 g/mol. The number of methoxy groups -OCH3 is 1. The van der Waals surface area contributed by atoms with Crippen LogP contribution in [0.25, 0.3) is 10.9 Å². The van der Waals surface area contributed by atoms with E-state index in [0.717, 1.165) is 13.2 Å². The standard InChI is InChI=1S/C15H17F3N2O3/c1-20(2)7-12-9(5-14(21)22)8-4-13(23-3)10(15(16,17)18)6-11(8)19-12/h4,6,19H,5,7H2,1-3H3,(H,21,22). The first kappa shape index (κ1) is 17.1. The molecule has 0 fully saturated rings. The first-order valence-corrected chi connectivity index (χ1v) is 6.78. The van der Waals surface area contributed by atoms with E-state index in [1.54, 1.807) is 19.0 Å². The Labute approximate surface area is 130 Å². The highest BCUT2D eigenvalue weighted by Gasteiger charge is 2.35. The Bertz CT molecular complexity index is 736. The molecule has 0 aliphatic rings. The first-order valence-electron chi connectivity index (χ1n) is 6.78. The summed E-state index contributed by atoms with van der Waals surface area (Å²) in [6.07, 6.45) is -4.84. The molecule has 0 atom stereocenters. The van der Waals surface area contributed by atoms with E-state index < -0.39 is 17.7 Å². The molecule has 2 N–H and O–H groups in total. The lowest BCUT2D eigenvalue weighted by atomic mass is 10.0. The summed E-state index contributed by atoms with van der Waals surface area (Å²) < 4.78 is 44.1. The molecule has 1 aromatic heterocycles. The summed E-state index contributed by atoms with van der Waals surface area (Å²) in [6, 6.07) is 2.20. The predicted molar refractivity (Wildman–Crippen MR) is 78.6 cm³/mol. The largest absolute Gasteiger partial charge is 0.496 e. The molecule has 0 amide bonds. The summed E-state index contributed by atoms with van der Waals surface area (Å²) in [4.78, 5) is 15.8. The third kappa shape index (κ3) is 3.58. The van der Waals surface area contributed by atoms with Crippen molar-refractivity contribution in [2.75, 3.05) is 21.2 Å². The molecule has 2 rings (SSSR count). The zero-order chi connectivity index (χ0) is 17.4. The fourth-order valence-corrected chi connectivity index (χ4v) is 2.53. The van der Waals surface area contributed by atoms with Crippen LogP contribution in [0.5, 0.6) is 5.75 Å². The van der Waals surface area contributed by atoms with Gasteiger partial charge in [-0.25, -0.2) is 0 Å². The molecule has 5 nitrogen and oxygen atoms in total. The second-order valence-corrected chi connectivity index (χ2v) is 5.49. The number of rotatable bonds is 5. The van der Waals surface area contributed by atoms with Gasteiger partial charge in [-0.05, 0) is 31.8 Å². The monoisotopic (exact) mass is 330 g/mol. The fourth-order valence-electron chi connectivity index (χ4n) is 2.53. The van der Waals surface area contributed by atoms with E-state index in [0.29, 0.717) is 23.2 Å². The molecule has 0 saturated heterocycles. The number of alkyl halides is 3. The Hall–Kier alpha value is -2.22. The van der Waals surface area contributed by atoms with Crippen LogP contribution >= 0.6 is 0 Å². The van der Waals surface area contributed by atoms with E-state index in [9.17, 15) is 18.0 Å². The number of ether oxygens (including phenoxy) is 1. The van der Waals surface area contributed by atoms with Gasteiger partial charge in [0, 0.05) is 23.1 Å². The van der Waals surface area contributed by atoms with E-state index in [4.69, 9.17) is 9.84 Å². The number of H-pyrrole nitrogens is 1. The van der Waals surface area contributed by atoms with Crippen LogP contribution in [0.15, 0.2) is 12.1 Å². The Morgan fingerprint density at radius 3 is 2.48 bits per heavy atom. The molecule has 0 bridgehead atoms. The van der Waals surface area contributed by atoms with Gasteiger partial charge in [-0.3, -0.25) is 4.79 Å². The normalized spacial score (nSPS) is 12.1. The minimum atomic E-state index is -4.56. The van der Waals surface area contributed by atoms with Gasteiger partial charge in [-0.2, -0.15) is 13.2 Å². The lowest BCUT2D eigenvalue weighted by Gasteiger charge is -2.12. The van der Waals surface area contributed by atoms with Crippen LogP contribution in [0, 0.1) is 0 Å². The van der Waals surface area contributed by atoms with Crippen molar-refractivity contribution < 1.29 is 27.8 Å². The third-order valence-electron chi connectivity index (χ3n) is 3.42. The lowest BCUT2D eigenvalue weighted by molar-refractivity contribution is -0.139. The highest BCUT2D eigenvalue weighted by atomic mass is 19.4. The summed E-state index contributed by atoms with van der Waals surface area (Å²) in [7, 11) is 4.73. The highest BCUT2D eigenvalue weighted by molar-refractivity contribution is 5.90. The van der Waals surface area contributed by atoms with Gasteiger partial charge in [0.15, 0.2) is 0 Å². The van der Waals surface area contributed by atoms with Gasteiger partial charge in [0.05, 0.1) is 19.1 Å². The van der Waals surface area contributed by atoms with E-state index in [1.165, 1.54) is 6.07 Å². The Kier molecular flexibility index (Phi) is 4.56. The fraction of sp³-hybridized carbons (Fsp3) is 0.400. The van der Waals surface area contributed by atoms with Crippen LogP contribution in [0.1, 0.15) is 16.8 Å². The third-order valence-corrected chi connectivity index (χ3v) is 3.42. The van der Waals surface area contributed by atoms with E-state index in [1.807, 2.05) is 0 Å². The summed E-state index contributed by atoms with van der Waals surface area (Å²) >= 11 is 0. The van der Waals surface area contributed by atoms with E-state index >= 15 is 0 Å². The van der Waals surface area contributed by atoms with Crippen molar-refractivity contribution in [2.24, 2.45) is 0 Å². The number of carboxylic acids is 1. The van der Waals surface area contributed by atoms with Crippen LogP contribution < -0.4 is 4.74 Å². The van der Waals surface area contributed by atoms with Gasteiger partial charge in [0.1, 0.15) is 5.75 Å². The topological polar surface area (TPSA) is 65.6 Å². The number of fused-ring (bicyclic) bond motifs is 1. The maximum absolute atomic E-state index is 13.1. The van der Waals surface area contributed by atoms with Crippen molar-refractivity contribution in [3.63, 3.8) is 0 Å². The molecule has 0 saturated carbocycles. The van der Waals surface area contributed by atoms with Crippen molar-refractivity contribution in [2.45, 2.75) is 19.1 Å². The van der Waals surface area contributed by atoms with Crippen LogP contribution in [-0.4, -0.2) is 42.2 Å². The Morgan fingerprint density at radius 1 is 1.35 bits per heavy atom. The number of aromatic amines is 1. The number of carboxylic acid groups (broad SMARTS) is 1. The minimum absolute atomic E-state index is 0.242. The molecule has 23 heavy (non-hydrogen) atoms. The number of aliphatic carboxylic acids is 1. The summed E-state index contributed by atoms with van der Waals surface area (Å²) in [5.41, 5.74) is 0.389. The number of halogens is 3. The Balaban J connectivity index is 2.71. The van der Waals surface area contributed by atoms with Crippen molar-refractivity contribution in [3.05, 3.63) is 29.0 Å². The van der Waals surface area contributed by atoms with E-state index in [-0.39, 0.29) is 17.7 Å². The maximum atomic E-state index is 13.1. The second-order valence-electron chi connectivity index (χ2n) is 5.49. The van der Waals surface area contributed by atoms with Crippen LogP contribution in [-0.2, 0) is 23.9 Å². The summed E-state index contributed by atoms with van der Waals surface area (Å²) in [5.74, 6) is -1.38. The molecule has 2 aromatic rings. The van der Waals surface area contributed by atoms with Crippen LogP contribution in [0.4, 0.5) is 13.2 Å². The zero-order valence-corrected chi connectivity index (χ0v) is 12.9. The van der Waals surface area contributed by atoms with Gasteiger partial charge in [-0.1, -0.05) is 0 Å². The van der Waals surface area contributed by atoms with Gasteiger partial charge in [-0.15, -0.1) is 0 Å². The average Bonchev–Trinajstić information content (AvgIpc) is 2.72. The van der Waals surface area contributed by atoms with Crippen LogP contribution in [0.2, 0.25) is 0 Å². The lowest BCUT2D eigenvalue weighted by Crippen LogP contribution is -2.13.